The average Bonchev–Trinajstić information content (AvgIpc) is 2.53. The maximum Gasteiger partial charge on any atom is 0.248 e. The molecular weight excluding hydrogens is 262 g/mol. The Hall–Kier alpha value is -2.42. The summed E-state index contributed by atoms with van der Waals surface area (Å²) in [6.07, 6.45) is 1.37. The fraction of sp³-hybridized carbons (Fsp3) is 0.222. The van der Waals surface area contributed by atoms with Crippen LogP contribution >= 0.6 is 0 Å². The van der Waals surface area contributed by atoms with Crippen molar-refractivity contribution >= 4 is 11.7 Å². The highest BCUT2D eigenvalue weighted by Gasteiger charge is 2.19. The Morgan fingerprint density at radius 2 is 1.38 bits per heavy atom. The van der Waals surface area contributed by atoms with E-state index in [0.29, 0.717) is 29.5 Å². The van der Waals surface area contributed by atoms with Crippen molar-refractivity contribution in [2.75, 3.05) is 0 Å². The lowest BCUT2D eigenvalue weighted by atomic mass is 9.89. The van der Waals surface area contributed by atoms with E-state index in [2.05, 4.69) is 0 Å². The minimum absolute atomic E-state index is 0.0156. The smallest absolute Gasteiger partial charge is 0.248 e. The molecule has 0 fully saturated rings. The fourth-order valence-corrected chi connectivity index (χ4v) is 2.69. The Kier molecular flexibility index (Phi) is 4.53. The molecule has 0 atom stereocenters. The van der Waals surface area contributed by atoms with E-state index in [9.17, 15) is 9.59 Å². The molecule has 0 saturated heterocycles. The summed E-state index contributed by atoms with van der Waals surface area (Å²) in [5.74, 6) is -0.460. The molecule has 0 aliphatic heterocycles. The minimum Gasteiger partial charge on any atom is -0.366 e. The van der Waals surface area contributed by atoms with Gasteiger partial charge in [0.15, 0.2) is 5.78 Å². The molecule has 2 rings (SSSR count). The van der Waals surface area contributed by atoms with E-state index in [1.165, 1.54) is 0 Å². The zero-order chi connectivity index (χ0) is 15.4. The zero-order valence-electron chi connectivity index (χ0n) is 12.3. The zero-order valence-corrected chi connectivity index (χ0v) is 12.3. The predicted octanol–water partition coefficient (Wildman–Crippen LogP) is 3.14. The first-order valence-corrected chi connectivity index (χ1v) is 7.14. The van der Waals surface area contributed by atoms with Crippen molar-refractivity contribution in [2.24, 2.45) is 5.73 Å². The van der Waals surface area contributed by atoms with Gasteiger partial charge in [0.05, 0.1) is 0 Å². The summed E-state index contributed by atoms with van der Waals surface area (Å²) in [4.78, 5) is 24.2. The highest BCUT2D eigenvalue weighted by Crippen LogP contribution is 2.23. The number of amides is 1. The van der Waals surface area contributed by atoms with Crippen molar-refractivity contribution < 1.29 is 9.59 Å². The number of hydrogen-bond donors (Lipinski definition) is 1. The van der Waals surface area contributed by atoms with E-state index in [0.717, 1.165) is 11.1 Å². The number of rotatable bonds is 5. The highest BCUT2D eigenvalue weighted by molar-refractivity contribution is 6.10. The van der Waals surface area contributed by atoms with Crippen LogP contribution in [0.5, 0.6) is 0 Å². The van der Waals surface area contributed by atoms with Crippen LogP contribution in [0, 0.1) is 0 Å². The molecule has 0 spiro atoms. The van der Waals surface area contributed by atoms with Gasteiger partial charge in [-0.1, -0.05) is 44.2 Å². The van der Waals surface area contributed by atoms with Crippen LogP contribution in [0.2, 0.25) is 0 Å². The molecule has 108 valence electrons. The monoisotopic (exact) mass is 281 g/mol. The molecule has 2 N–H and O–H groups in total. The van der Waals surface area contributed by atoms with E-state index < -0.39 is 5.91 Å². The molecule has 0 unspecified atom stereocenters. The summed E-state index contributed by atoms with van der Waals surface area (Å²) in [6, 6.07) is 12.6. The van der Waals surface area contributed by atoms with Crippen LogP contribution in [0.25, 0.3) is 0 Å². The van der Waals surface area contributed by atoms with Crippen LogP contribution in [-0.4, -0.2) is 11.7 Å². The molecule has 0 aliphatic carbocycles. The second kappa shape index (κ2) is 6.35. The molecule has 2 aromatic rings. The average molecular weight is 281 g/mol. The third-order valence-corrected chi connectivity index (χ3v) is 3.68. The Morgan fingerprint density at radius 3 is 1.90 bits per heavy atom. The topological polar surface area (TPSA) is 60.2 Å². The summed E-state index contributed by atoms with van der Waals surface area (Å²) in [6.45, 7) is 3.96. The van der Waals surface area contributed by atoms with Crippen LogP contribution < -0.4 is 5.73 Å². The maximum atomic E-state index is 12.7. The first kappa shape index (κ1) is 15.0. The summed E-state index contributed by atoms with van der Waals surface area (Å²) in [7, 11) is 0. The second-order valence-corrected chi connectivity index (χ2v) is 4.88. The molecule has 3 nitrogen and oxygen atoms in total. The van der Waals surface area contributed by atoms with Gasteiger partial charge in [-0.3, -0.25) is 9.59 Å². The molecule has 0 saturated carbocycles. The first-order valence-electron chi connectivity index (χ1n) is 7.14. The van der Waals surface area contributed by atoms with E-state index in [-0.39, 0.29) is 5.78 Å². The lowest BCUT2D eigenvalue weighted by molar-refractivity contribution is 0.0995. The van der Waals surface area contributed by atoms with Crippen LogP contribution in [0.4, 0.5) is 0 Å². The largest absolute Gasteiger partial charge is 0.366 e. The summed E-state index contributed by atoms with van der Waals surface area (Å²) < 4.78 is 0. The van der Waals surface area contributed by atoms with Gasteiger partial charge in [0.1, 0.15) is 0 Å². The molecule has 1 amide bonds. The third kappa shape index (κ3) is 2.87. The quantitative estimate of drug-likeness (QED) is 0.856. The van der Waals surface area contributed by atoms with Gasteiger partial charge in [-0.25, -0.2) is 0 Å². The van der Waals surface area contributed by atoms with Crippen molar-refractivity contribution in [1.29, 1.82) is 0 Å². The number of nitrogens with two attached hydrogens (primary N) is 1. The SMILES string of the molecule is CCc1c(C(N)=O)ccc(C(=O)c2ccccc2)c1CC. The molecule has 0 bridgehead atoms. The van der Waals surface area contributed by atoms with Gasteiger partial charge in [-0.05, 0) is 36.1 Å². The lowest BCUT2D eigenvalue weighted by Crippen LogP contribution is -2.17. The van der Waals surface area contributed by atoms with E-state index in [1.54, 1.807) is 24.3 Å². The van der Waals surface area contributed by atoms with Crippen LogP contribution in [-0.2, 0) is 12.8 Å². The van der Waals surface area contributed by atoms with E-state index in [4.69, 9.17) is 5.73 Å². The molecule has 21 heavy (non-hydrogen) atoms. The van der Waals surface area contributed by atoms with Crippen molar-refractivity contribution in [2.45, 2.75) is 26.7 Å². The van der Waals surface area contributed by atoms with Crippen LogP contribution in [0.1, 0.15) is 51.3 Å². The molecular formula is C18H19NO2. The van der Waals surface area contributed by atoms with Crippen molar-refractivity contribution in [1.82, 2.24) is 0 Å². The lowest BCUT2D eigenvalue weighted by Gasteiger charge is -2.15. The van der Waals surface area contributed by atoms with Crippen LogP contribution in [0.15, 0.2) is 42.5 Å². The fourth-order valence-electron chi connectivity index (χ4n) is 2.69. The van der Waals surface area contributed by atoms with Crippen molar-refractivity contribution in [3.05, 3.63) is 70.3 Å². The highest BCUT2D eigenvalue weighted by atomic mass is 16.1. The Balaban J connectivity index is 2.60. The molecule has 0 heterocycles. The normalized spacial score (nSPS) is 10.4. The number of hydrogen-bond acceptors (Lipinski definition) is 2. The number of carbonyl (C=O) groups is 2. The molecule has 0 aromatic heterocycles. The number of benzene rings is 2. The second-order valence-electron chi connectivity index (χ2n) is 4.88. The molecule has 2 aromatic carbocycles. The van der Waals surface area contributed by atoms with Crippen molar-refractivity contribution in [3.63, 3.8) is 0 Å². The van der Waals surface area contributed by atoms with E-state index >= 15 is 0 Å². The van der Waals surface area contributed by atoms with Gasteiger partial charge < -0.3 is 5.73 Å². The predicted molar refractivity (Wildman–Crippen MR) is 83.6 cm³/mol. The van der Waals surface area contributed by atoms with Gasteiger partial charge in [0, 0.05) is 16.7 Å². The van der Waals surface area contributed by atoms with Crippen LogP contribution in [0.3, 0.4) is 0 Å². The molecule has 3 heteroatoms. The summed E-state index contributed by atoms with van der Waals surface area (Å²) >= 11 is 0. The van der Waals surface area contributed by atoms with Gasteiger partial charge >= 0.3 is 0 Å². The molecule has 0 aliphatic rings. The maximum absolute atomic E-state index is 12.7. The number of primary amides is 1. The number of ketones is 1. The van der Waals surface area contributed by atoms with Gasteiger partial charge in [0.2, 0.25) is 5.91 Å². The van der Waals surface area contributed by atoms with Gasteiger partial charge in [-0.2, -0.15) is 0 Å². The standard InChI is InChI=1S/C18H19NO2/c1-3-13-14(4-2)16(18(19)21)11-10-15(13)17(20)12-8-6-5-7-9-12/h5-11H,3-4H2,1-2H3,(H2,19,21). The third-order valence-electron chi connectivity index (χ3n) is 3.68. The number of carbonyl (C=O) groups excluding carboxylic acids is 2. The minimum atomic E-state index is -0.444. The van der Waals surface area contributed by atoms with Gasteiger partial charge in [-0.15, -0.1) is 0 Å². The van der Waals surface area contributed by atoms with E-state index in [1.807, 2.05) is 32.0 Å². The van der Waals surface area contributed by atoms with Gasteiger partial charge in [0.25, 0.3) is 0 Å². The van der Waals surface area contributed by atoms with Crippen molar-refractivity contribution in [3.8, 4) is 0 Å². The summed E-state index contributed by atoms with van der Waals surface area (Å²) in [5.41, 5.74) is 9.05. The first-order chi connectivity index (χ1) is 10.1. The summed E-state index contributed by atoms with van der Waals surface area (Å²) in [5, 5.41) is 0. The molecule has 0 radical (unpaired) electrons. The Labute approximate surface area is 124 Å². The Morgan fingerprint density at radius 1 is 0.857 bits per heavy atom. The Bertz CT molecular complexity index is 675.